The summed E-state index contributed by atoms with van der Waals surface area (Å²) in [5, 5.41) is 19.4. The van der Waals surface area contributed by atoms with Crippen LogP contribution in [0, 0.1) is 5.92 Å². The van der Waals surface area contributed by atoms with Crippen LogP contribution in [-0.4, -0.2) is 45.9 Å². The molecular weight excluding hydrogens is 318 g/mol. The van der Waals surface area contributed by atoms with Crippen molar-refractivity contribution in [1.29, 1.82) is 0 Å². The highest BCUT2D eigenvalue weighted by Gasteiger charge is 2.39. The molecule has 0 spiro atoms. The number of ether oxygens (including phenoxy) is 1. The lowest BCUT2D eigenvalue weighted by Gasteiger charge is -2.26. The number of amides is 1. The Morgan fingerprint density at radius 3 is 2.68 bits per heavy atom. The maximum absolute atomic E-state index is 12.8. The Morgan fingerprint density at radius 2 is 2.00 bits per heavy atom. The van der Waals surface area contributed by atoms with Gasteiger partial charge in [0.2, 0.25) is 0 Å². The summed E-state index contributed by atoms with van der Waals surface area (Å²) in [6, 6.07) is 7.44. The van der Waals surface area contributed by atoms with Gasteiger partial charge < -0.3 is 19.8 Å². The first-order valence-corrected chi connectivity index (χ1v) is 9.22. The molecule has 2 atom stereocenters. The second kappa shape index (κ2) is 6.81. The summed E-state index contributed by atoms with van der Waals surface area (Å²) >= 11 is 0. The Kier molecular flexibility index (Phi) is 4.52. The Labute approximate surface area is 147 Å². The molecule has 5 nitrogen and oxygen atoms in total. The van der Waals surface area contributed by atoms with Gasteiger partial charge in [-0.3, -0.25) is 4.79 Å². The van der Waals surface area contributed by atoms with E-state index >= 15 is 0 Å². The molecule has 0 saturated heterocycles. The zero-order chi connectivity index (χ0) is 17.4. The van der Waals surface area contributed by atoms with Gasteiger partial charge in [-0.25, -0.2) is 0 Å². The summed E-state index contributed by atoms with van der Waals surface area (Å²) in [6.07, 6.45) is 6.39. The normalized spacial score (nSPS) is 31.1. The van der Waals surface area contributed by atoms with E-state index < -0.39 is 0 Å². The Balaban J connectivity index is 1.38. The summed E-state index contributed by atoms with van der Waals surface area (Å²) in [5.41, 5.74) is 1.58. The number of benzene rings is 1. The zero-order valence-electron chi connectivity index (χ0n) is 14.3. The smallest absolute Gasteiger partial charge is 0.258 e. The second-order valence-electron chi connectivity index (χ2n) is 7.54. The molecule has 1 aliphatic heterocycles. The molecule has 25 heavy (non-hydrogen) atoms. The fourth-order valence-corrected chi connectivity index (χ4v) is 4.15. The highest BCUT2D eigenvalue weighted by atomic mass is 16.5. The summed E-state index contributed by atoms with van der Waals surface area (Å²) in [4.78, 5) is 14.5. The standard InChI is InChI=1S/C20H25NO4/c22-17-6-4-13(5-7-17)12-25-18-3-1-2-14(9-18)20(24)21-11-15-8-16(21)10-19(15)23/h1-3,9,11,13,16-17,19,22-23H,4-8,10,12H2. The van der Waals surface area contributed by atoms with Crippen molar-refractivity contribution in [3.63, 3.8) is 0 Å². The Bertz CT molecular complexity index is 678. The molecule has 1 heterocycles. The molecule has 2 N–H and O–H groups in total. The van der Waals surface area contributed by atoms with Crippen molar-refractivity contribution in [2.75, 3.05) is 6.61 Å². The zero-order valence-corrected chi connectivity index (χ0v) is 14.3. The number of carbonyl (C=O) groups excluding carboxylic acids is 1. The first kappa shape index (κ1) is 16.6. The molecule has 2 saturated carbocycles. The van der Waals surface area contributed by atoms with Crippen LogP contribution in [0.3, 0.4) is 0 Å². The van der Waals surface area contributed by atoms with Crippen molar-refractivity contribution in [3.8, 4) is 5.75 Å². The number of carbonyl (C=O) groups is 1. The van der Waals surface area contributed by atoms with Crippen molar-refractivity contribution in [2.24, 2.45) is 5.92 Å². The minimum absolute atomic E-state index is 0.0295. The molecule has 5 heteroatoms. The molecular formula is C20H25NO4. The van der Waals surface area contributed by atoms with Crippen LogP contribution in [-0.2, 0) is 0 Å². The number of nitrogens with zero attached hydrogens (tertiary/aromatic N) is 1. The van der Waals surface area contributed by atoms with Gasteiger partial charge in [-0.1, -0.05) is 6.07 Å². The average Bonchev–Trinajstić information content (AvgIpc) is 3.20. The molecule has 134 valence electrons. The molecule has 1 amide bonds. The quantitative estimate of drug-likeness (QED) is 0.881. The van der Waals surface area contributed by atoms with E-state index in [9.17, 15) is 15.0 Å². The molecule has 3 aliphatic rings. The maximum atomic E-state index is 12.8. The highest BCUT2D eigenvalue weighted by molar-refractivity contribution is 5.96. The molecule has 2 unspecified atom stereocenters. The number of rotatable bonds is 4. The van der Waals surface area contributed by atoms with E-state index in [1.54, 1.807) is 11.0 Å². The molecule has 0 aromatic heterocycles. The van der Waals surface area contributed by atoms with Crippen LogP contribution in [0.15, 0.2) is 36.0 Å². The largest absolute Gasteiger partial charge is 0.493 e. The van der Waals surface area contributed by atoms with Crippen LogP contribution in [0.4, 0.5) is 0 Å². The van der Waals surface area contributed by atoms with Gasteiger partial charge in [0, 0.05) is 17.8 Å². The molecule has 2 fully saturated rings. The fourth-order valence-electron chi connectivity index (χ4n) is 4.15. The third-order valence-electron chi connectivity index (χ3n) is 5.71. The minimum atomic E-state index is -0.377. The van der Waals surface area contributed by atoms with Gasteiger partial charge >= 0.3 is 0 Å². The van der Waals surface area contributed by atoms with Gasteiger partial charge in [0.15, 0.2) is 0 Å². The summed E-state index contributed by atoms with van der Waals surface area (Å²) in [6.45, 7) is 0.632. The SMILES string of the molecule is O=C(c1cccc(OCC2CCC(O)CC2)c1)N1C=C2CC1CC2O. The second-order valence-corrected chi connectivity index (χ2v) is 7.54. The predicted octanol–water partition coefficient (Wildman–Crippen LogP) is 2.48. The van der Waals surface area contributed by atoms with Crippen LogP contribution in [0.25, 0.3) is 0 Å². The monoisotopic (exact) mass is 343 g/mol. The van der Waals surface area contributed by atoms with Crippen LogP contribution in [0.1, 0.15) is 48.9 Å². The van der Waals surface area contributed by atoms with Crippen molar-refractivity contribution < 1.29 is 19.7 Å². The van der Waals surface area contributed by atoms with E-state index in [-0.39, 0.29) is 24.2 Å². The lowest BCUT2D eigenvalue weighted by molar-refractivity contribution is 0.0750. The molecule has 1 aromatic carbocycles. The summed E-state index contributed by atoms with van der Waals surface area (Å²) < 4.78 is 5.91. The predicted molar refractivity (Wildman–Crippen MR) is 93.2 cm³/mol. The fraction of sp³-hybridized carbons (Fsp3) is 0.550. The van der Waals surface area contributed by atoms with Crippen LogP contribution < -0.4 is 4.74 Å². The van der Waals surface area contributed by atoms with Crippen molar-refractivity contribution in [3.05, 3.63) is 41.6 Å². The first-order valence-electron chi connectivity index (χ1n) is 9.22. The lowest BCUT2D eigenvalue weighted by atomic mass is 9.88. The number of hydrogen-bond acceptors (Lipinski definition) is 4. The van der Waals surface area contributed by atoms with Crippen molar-refractivity contribution >= 4 is 5.91 Å². The van der Waals surface area contributed by atoms with Crippen LogP contribution in [0.5, 0.6) is 5.75 Å². The van der Waals surface area contributed by atoms with Gasteiger partial charge in [0.25, 0.3) is 5.91 Å². The molecule has 1 aromatic rings. The van der Waals surface area contributed by atoms with E-state index in [2.05, 4.69) is 0 Å². The highest BCUT2D eigenvalue weighted by Crippen LogP contribution is 2.37. The van der Waals surface area contributed by atoms with Gasteiger partial charge in [0.05, 0.1) is 18.8 Å². The third kappa shape index (κ3) is 3.44. The van der Waals surface area contributed by atoms with Crippen molar-refractivity contribution in [2.45, 2.75) is 56.8 Å². The Hall–Kier alpha value is -1.85. The van der Waals surface area contributed by atoms with Gasteiger partial charge in [-0.2, -0.15) is 0 Å². The molecule has 2 aliphatic carbocycles. The van der Waals surface area contributed by atoms with Gasteiger partial charge in [0.1, 0.15) is 5.75 Å². The summed E-state index contributed by atoms with van der Waals surface area (Å²) in [7, 11) is 0. The van der Waals surface area contributed by atoms with Crippen LogP contribution >= 0.6 is 0 Å². The minimum Gasteiger partial charge on any atom is -0.493 e. The van der Waals surface area contributed by atoms with Gasteiger partial charge in [-0.15, -0.1) is 0 Å². The van der Waals surface area contributed by atoms with Crippen molar-refractivity contribution in [1.82, 2.24) is 4.90 Å². The summed E-state index contributed by atoms with van der Waals surface area (Å²) in [5.74, 6) is 1.16. The lowest BCUT2D eigenvalue weighted by Crippen LogP contribution is -2.34. The topological polar surface area (TPSA) is 70.0 Å². The third-order valence-corrected chi connectivity index (χ3v) is 5.71. The van der Waals surface area contributed by atoms with E-state index in [0.29, 0.717) is 30.3 Å². The Morgan fingerprint density at radius 1 is 1.20 bits per heavy atom. The number of aliphatic hydroxyl groups is 2. The molecule has 4 rings (SSSR count). The van der Waals surface area contributed by atoms with E-state index in [1.807, 2.05) is 24.4 Å². The molecule has 0 radical (unpaired) electrons. The van der Waals surface area contributed by atoms with E-state index in [1.165, 1.54) is 0 Å². The van der Waals surface area contributed by atoms with E-state index in [4.69, 9.17) is 4.74 Å². The molecule has 2 bridgehead atoms. The van der Waals surface area contributed by atoms with Gasteiger partial charge in [-0.05, 0) is 68.2 Å². The number of hydrogen-bond donors (Lipinski definition) is 2. The maximum Gasteiger partial charge on any atom is 0.258 e. The van der Waals surface area contributed by atoms with E-state index in [0.717, 1.165) is 37.7 Å². The van der Waals surface area contributed by atoms with Crippen LogP contribution in [0.2, 0.25) is 0 Å². The number of aliphatic hydroxyl groups excluding tert-OH is 2. The average molecular weight is 343 g/mol. The first-order chi connectivity index (χ1) is 12.1. The number of fused-ring (bicyclic) bond motifs is 2.